The van der Waals surface area contributed by atoms with Crippen LogP contribution in [-0.2, 0) is 6.42 Å². The van der Waals surface area contributed by atoms with E-state index in [1.165, 1.54) is 21.2 Å². The highest BCUT2D eigenvalue weighted by Crippen LogP contribution is 2.35. The van der Waals surface area contributed by atoms with E-state index in [1.807, 2.05) is 0 Å². The third kappa shape index (κ3) is 1.10. The van der Waals surface area contributed by atoms with Gasteiger partial charge in [0, 0.05) is 10.5 Å². The van der Waals surface area contributed by atoms with Crippen LogP contribution in [0.3, 0.4) is 0 Å². The van der Waals surface area contributed by atoms with E-state index < -0.39 is 0 Å². The first-order valence-electron chi connectivity index (χ1n) is 4.23. The Labute approximate surface area is 81.1 Å². The van der Waals surface area contributed by atoms with Crippen molar-refractivity contribution in [2.24, 2.45) is 5.73 Å². The van der Waals surface area contributed by atoms with E-state index in [9.17, 15) is 0 Å². The van der Waals surface area contributed by atoms with Crippen molar-refractivity contribution in [1.82, 2.24) is 0 Å². The van der Waals surface area contributed by atoms with Gasteiger partial charge in [-0.1, -0.05) is 28.1 Å². The first-order chi connectivity index (χ1) is 5.70. The summed E-state index contributed by atoms with van der Waals surface area (Å²) in [6, 6.07) is 4.55. The van der Waals surface area contributed by atoms with E-state index in [0.717, 1.165) is 12.8 Å². The van der Waals surface area contributed by atoms with Crippen LogP contribution in [0, 0.1) is 6.92 Å². The van der Waals surface area contributed by atoms with Crippen LogP contribution in [0.1, 0.15) is 29.2 Å². The normalized spacial score (nSPS) is 21.1. The first-order valence-corrected chi connectivity index (χ1v) is 5.03. The van der Waals surface area contributed by atoms with E-state index in [-0.39, 0.29) is 6.04 Å². The molecule has 2 heteroatoms. The van der Waals surface area contributed by atoms with Gasteiger partial charge in [0.25, 0.3) is 0 Å². The largest absolute Gasteiger partial charge is 0.324 e. The summed E-state index contributed by atoms with van der Waals surface area (Å²) in [5.74, 6) is 0. The topological polar surface area (TPSA) is 26.0 Å². The number of rotatable bonds is 0. The van der Waals surface area contributed by atoms with Gasteiger partial charge in [0.15, 0.2) is 0 Å². The van der Waals surface area contributed by atoms with Gasteiger partial charge in [0.2, 0.25) is 0 Å². The van der Waals surface area contributed by atoms with Crippen molar-refractivity contribution in [1.29, 1.82) is 0 Å². The number of hydrogen-bond donors (Lipinski definition) is 1. The summed E-state index contributed by atoms with van der Waals surface area (Å²) in [5.41, 5.74) is 10.00. The van der Waals surface area contributed by atoms with Crippen molar-refractivity contribution in [3.8, 4) is 0 Å². The maximum absolute atomic E-state index is 5.94. The van der Waals surface area contributed by atoms with Crippen LogP contribution >= 0.6 is 15.9 Å². The van der Waals surface area contributed by atoms with E-state index in [0.29, 0.717) is 0 Å². The molecule has 1 aromatic rings. The smallest absolute Gasteiger partial charge is 0.0301 e. The molecule has 0 spiro atoms. The Hall–Kier alpha value is -0.340. The highest BCUT2D eigenvalue weighted by molar-refractivity contribution is 9.10. The minimum absolute atomic E-state index is 0.261. The zero-order valence-corrected chi connectivity index (χ0v) is 8.69. The van der Waals surface area contributed by atoms with E-state index in [4.69, 9.17) is 5.73 Å². The van der Waals surface area contributed by atoms with Crippen molar-refractivity contribution in [3.05, 3.63) is 33.3 Å². The summed E-state index contributed by atoms with van der Waals surface area (Å²) >= 11 is 3.60. The molecule has 1 aliphatic carbocycles. The van der Waals surface area contributed by atoms with Crippen LogP contribution in [0.15, 0.2) is 16.6 Å². The van der Waals surface area contributed by atoms with Gasteiger partial charge >= 0.3 is 0 Å². The lowest BCUT2D eigenvalue weighted by Gasteiger charge is -2.07. The number of halogens is 1. The molecule has 0 radical (unpaired) electrons. The molecule has 0 aliphatic heterocycles. The zero-order chi connectivity index (χ0) is 8.72. The Morgan fingerprint density at radius 2 is 2.25 bits per heavy atom. The SMILES string of the molecule is Cc1ccc2c(c1Br)CC[C@H]2N. The predicted octanol–water partition coefficient (Wildman–Crippen LogP) is 2.70. The highest BCUT2D eigenvalue weighted by Gasteiger charge is 2.21. The van der Waals surface area contributed by atoms with Crippen LogP contribution in [0.25, 0.3) is 0 Å². The molecule has 0 saturated carbocycles. The molecule has 1 atom stereocenters. The third-order valence-corrected chi connectivity index (χ3v) is 3.68. The van der Waals surface area contributed by atoms with Gasteiger partial charge in [-0.3, -0.25) is 0 Å². The van der Waals surface area contributed by atoms with Crippen LogP contribution in [0.4, 0.5) is 0 Å². The second-order valence-electron chi connectivity index (χ2n) is 3.41. The molecule has 0 fully saturated rings. The molecule has 0 heterocycles. The molecule has 0 saturated heterocycles. The molecule has 1 aromatic carbocycles. The second-order valence-corrected chi connectivity index (χ2v) is 4.20. The van der Waals surface area contributed by atoms with Crippen LogP contribution in [0.2, 0.25) is 0 Å². The molecule has 2 N–H and O–H groups in total. The molecule has 2 rings (SSSR count). The first kappa shape index (κ1) is 8.27. The van der Waals surface area contributed by atoms with Gasteiger partial charge in [0.1, 0.15) is 0 Å². The summed E-state index contributed by atoms with van der Waals surface area (Å²) in [6.45, 7) is 2.12. The molecule has 0 aromatic heterocycles. The Balaban J connectivity index is 2.60. The lowest BCUT2D eigenvalue weighted by atomic mass is 10.1. The predicted molar refractivity (Wildman–Crippen MR) is 54.1 cm³/mol. The molecule has 1 nitrogen and oxygen atoms in total. The molecule has 1 aliphatic rings. The summed E-state index contributed by atoms with van der Waals surface area (Å²) in [5, 5.41) is 0. The quantitative estimate of drug-likeness (QED) is 0.723. The van der Waals surface area contributed by atoms with Gasteiger partial charge in [-0.15, -0.1) is 0 Å². The Kier molecular flexibility index (Phi) is 1.97. The van der Waals surface area contributed by atoms with Crippen LogP contribution in [0.5, 0.6) is 0 Å². The lowest BCUT2D eigenvalue weighted by molar-refractivity contribution is 0.713. The molecule has 0 amide bonds. The second kappa shape index (κ2) is 2.86. The fourth-order valence-electron chi connectivity index (χ4n) is 1.81. The summed E-state index contributed by atoms with van der Waals surface area (Å²) in [7, 11) is 0. The Morgan fingerprint density at radius 3 is 3.00 bits per heavy atom. The fraction of sp³-hybridized carbons (Fsp3) is 0.400. The average Bonchev–Trinajstić information content (AvgIpc) is 2.41. The summed E-state index contributed by atoms with van der Waals surface area (Å²) in [6.07, 6.45) is 2.22. The molecule has 0 unspecified atom stereocenters. The van der Waals surface area contributed by atoms with Crippen molar-refractivity contribution >= 4 is 15.9 Å². The van der Waals surface area contributed by atoms with Crippen LogP contribution < -0.4 is 5.73 Å². The van der Waals surface area contributed by atoms with Gasteiger partial charge in [0.05, 0.1) is 0 Å². The van der Waals surface area contributed by atoms with Crippen LogP contribution in [-0.4, -0.2) is 0 Å². The monoisotopic (exact) mass is 225 g/mol. The number of fused-ring (bicyclic) bond motifs is 1. The van der Waals surface area contributed by atoms with Gasteiger partial charge in [-0.25, -0.2) is 0 Å². The Bertz CT molecular complexity index is 320. The number of aryl methyl sites for hydroxylation is 1. The van der Waals surface area contributed by atoms with Crippen molar-refractivity contribution in [3.63, 3.8) is 0 Å². The maximum Gasteiger partial charge on any atom is 0.0301 e. The zero-order valence-electron chi connectivity index (χ0n) is 7.10. The Morgan fingerprint density at radius 1 is 1.50 bits per heavy atom. The highest BCUT2D eigenvalue weighted by atomic mass is 79.9. The number of benzene rings is 1. The fourth-order valence-corrected chi connectivity index (χ4v) is 2.37. The third-order valence-electron chi connectivity index (χ3n) is 2.58. The average molecular weight is 226 g/mol. The standard InChI is InChI=1S/C10H12BrN/c1-6-2-3-7-8(10(6)11)4-5-9(7)12/h2-3,9H,4-5,12H2,1H3/t9-/m1/s1. The minimum Gasteiger partial charge on any atom is -0.324 e. The van der Waals surface area contributed by atoms with Crippen molar-refractivity contribution < 1.29 is 0 Å². The minimum atomic E-state index is 0.261. The van der Waals surface area contributed by atoms with Gasteiger partial charge in [-0.2, -0.15) is 0 Å². The van der Waals surface area contributed by atoms with E-state index >= 15 is 0 Å². The maximum atomic E-state index is 5.94. The lowest BCUT2D eigenvalue weighted by Crippen LogP contribution is -2.05. The van der Waals surface area contributed by atoms with E-state index in [2.05, 4.69) is 35.0 Å². The summed E-state index contributed by atoms with van der Waals surface area (Å²) < 4.78 is 1.26. The summed E-state index contributed by atoms with van der Waals surface area (Å²) in [4.78, 5) is 0. The molecular formula is C10H12BrN. The molecule has 12 heavy (non-hydrogen) atoms. The van der Waals surface area contributed by atoms with E-state index in [1.54, 1.807) is 0 Å². The van der Waals surface area contributed by atoms with Crippen molar-refractivity contribution in [2.75, 3.05) is 0 Å². The molecular weight excluding hydrogens is 214 g/mol. The van der Waals surface area contributed by atoms with Crippen molar-refractivity contribution in [2.45, 2.75) is 25.8 Å². The number of hydrogen-bond acceptors (Lipinski definition) is 1. The molecule has 0 bridgehead atoms. The van der Waals surface area contributed by atoms with Gasteiger partial charge in [-0.05, 0) is 36.5 Å². The number of nitrogens with two attached hydrogens (primary N) is 1. The van der Waals surface area contributed by atoms with Gasteiger partial charge < -0.3 is 5.73 Å². The molecule has 64 valence electrons.